The summed E-state index contributed by atoms with van der Waals surface area (Å²) in [5.41, 5.74) is 1.27. The Morgan fingerprint density at radius 2 is 1.73 bits per heavy atom. The molecule has 0 atom stereocenters. The number of fused-ring (bicyclic) bond motifs is 2. The Kier molecular flexibility index (Phi) is 4.00. The van der Waals surface area contributed by atoms with Gasteiger partial charge in [-0.1, -0.05) is 23.7 Å². The molecule has 5 nitrogen and oxygen atoms in total. The van der Waals surface area contributed by atoms with E-state index in [-0.39, 0.29) is 16.8 Å². The van der Waals surface area contributed by atoms with E-state index in [1.165, 1.54) is 17.0 Å². The molecule has 2 aromatic rings. The summed E-state index contributed by atoms with van der Waals surface area (Å²) >= 11 is 6.14. The third kappa shape index (κ3) is 2.49. The quantitative estimate of drug-likeness (QED) is 0.761. The van der Waals surface area contributed by atoms with Crippen molar-refractivity contribution in [3.63, 3.8) is 0 Å². The summed E-state index contributed by atoms with van der Waals surface area (Å²) in [6, 6.07) is 9.11. The molecule has 0 aliphatic carbocycles. The highest BCUT2D eigenvalue weighted by Crippen LogP contribution is 2.35. The number of carbonyl (C=O) groups excluding carboxylic acids is 3. The summed E-state index contributed by atoms with van der Waals surface area (Å²) < 4.78 is 14.3. The van der Waals surface area contributed by atoms with Gasteiger partial charge in [0.15, 0.2) is 0 Å². The van der Waals surface area contributed by atoms with Crippen LogP contribution in [0.5, 0.6) is 0 Å². The van der Waals surface area contributed by atoms with E-state index >= 15 is 0 Å². The molecule has 3 amide bonds. The van der Waals surface area contributed by atoms with Gasteiger partial charge in [0.1, 0.15) is 12.4 Å². The maximum Gasteiger partial charge on any atom is 0.262 e. The van der Waals surface area contributed by atoms with Gasteiger partial charge in [0, 0.05) is 11.6 Å². The van der Waals surface area contributed by atoms with Gasteiger partial charge in [0.25, 0.3) is 11.8 Å². The Morgan fingerprint density at radius 3 is 2.38 bits per heavy atom. The number of carbonyl (C=O) groups is 3. The minimum Gasteiger partial charge on any atom is -0.308 e. The van der Waals surface area contributed by atoms with Gasteiger partial charge < -0.3 is 4.90 Å². The predicted octanol–water partition coefficient (Wildman–Crippen LogP) is 3.05. The number of nitrogens with zero attached hydrogens (tertiary/aromatic N) is 2. The topological polar surface area (TPSA) is 57.7 Å². The Balaban J connectivity index is 1.63. The van der Waals surface area contributed by atoms with E-state index in [1.807, 2.05) is 0 Å². The van der Waals surface area contributed by atoms with E-state index in [0.717, 1.165) is 4.90 Å². The van der Waals surface area contributed by atoms with E-state index in [4.69, 9.17) is 11.6 Å². The van der Waals surface area contributed by atoms with E-state index in [1.54, 1.807) is 24.3 Å². The molecule has 0 N–H and O–H groups in total. The van der Waals surface area contributed by atoms with Crippen molar-refractivity contribution in [1.29, 1.82) is 0 Å². The Hall–Kier alpha value is -2.73. The number of hydrogen-bond acceptors (Lipinski definition) is 3. The lowest BCUT2D eigenvalue weighted by Gasteiger charge is -2.31. The van der Waals surface area contributed by atoms with Crippen LogP contribution in [0.15, 0.2) is 36.4 Å². The highest BCUT2D eigenvalue weighted by Gasteiger charge is 2.38. The van der Waals surface area contributed by atoms with Crippen LogP contribution in [0, 0.1) is 5.82 Å². The van der Waals surface area contributed by atoms with Crippen molar-refractivity contribution < 1.29 is 18.8 Å². The number of benzene rings is 2. The molecule has 0 fully saturated rings. The third-order valence-corrected chi connectivity index (χ3v) is 5.08. The summed E-state index contributed by atoms with van der Waals surface area (Å²) in [4.78, 5) is 39.8. The second-order valence-corrected chi connectivity index (χ2v) is 6.65. The Morgan fingerprint density at radius 1 is 1.08 bits per heavy atom. The minimum atomic E-state index is -0.542. The van der Waals surface area contributed by atoms with E-state index in [0.29, 0.717) is 30.0 Å². The molecule has 0 radical (unpaired) electrons. The molecular weight excluding hydrogens is 359 g/mol. The average molecular weight is 373 g/mol. The number of hydrogen-bond donors (Lipinski definition) is 0. The lowest BCUT2D eigenvalue weighted by Crippen LogP contribution is -2.45. The molecule has 132 valence electrons. The van der Waals surface area contributed by atoms with Gasteiger partial charge in [-0.3, -0.25) is 19.3 Å². The van der Waals surface area contributed by atoms with Crippen molar-refractivity contribution >= 4 is 35.0 Å². The zero-order valence-corrected chi connectivity index (χ0v) is 14.4. The molecule has 2 aromatic carbocycles. The Bertz CT molecular complexity index is 925. The van der Waals surface area contributed by atoms with Crippen LogP contribution in [-0.2, 0) is 11.2 Å². The highest BCUT2D eigenvalue weighted by molar-refractivity contribution is 6.32. The van der Waals surface area contributed by atoms with E-state index < -0.39 is 30.1 Å². The fraction of sp³-hybridized carbons (Fsp3) is 0.211. The smallest absolute Gasteiger partial charge is 0.262 e. The normalized spacial score (nSPS) is 15.9. The molecule has 4 rings (SSSR count). The van der Waals surface area contributed by atoms with E-state index in [9.17, 15) is 18.8 Å². The summed E-state index contributed by atoms with van der Waals surface area (Å²) in [5, 5.41) is 0.402. The van der Waals surface area contributed by atoms with Crippen LogP contribution in [0.2, 0.25) is 5.02 Å². The number of rotatable bonds is 2. The first kappa shape index (κ1) is 16.7. The average Bonchev–Trinajstić information content (AvgIpc) is 2.89. The largest absolute Gasteiger partial charge is 0.308 e. The van der Waals surface area contributed by atoms with Gasteiger partial charge in [-0.05, 0) is 42.7 Å². The third-order valence-electron chi connectivity index (χ3n) is 4.73. The van der Waals surface area contributed by atoms with Gasteiger partial charge in [-0.15, -0.1) is 0 Å². The molecule has 0 spiro atoms. The lowest BCUT2D eigenvalue weighted by atomic mass is 10.0. The maximum atomic E-state index is 14.3. The standard InChI is InChI=1S/C19H14ClFN2O3/c20-14-7-8-15(21)17-13(14)6-3-9-22(17)16(24)10-23-18(25)11-4-1-2-5-12(11)19(23)26/h1-2,4-5,7-8H,3,6,9-10H2. The number of anilines is 1. The predicted molar refractivity (Wildman–Crippen MR) is 93.9 cm³/mol. The molecule has 0 saturated carbocycles. The van der Waals surface area contributed by atoms with Crippen molar-refractivity contribution in [2.24, 2.45) is 0 Å². The molecule has 26 heavy (non-hydrogen) atoms. The van der Waals surface area contributed by atoms with Crippen molar-refractivity contribution in [2.75, 3.05) is 18.0 Å². The van der Waals surface area contributed by atoms with Crippen molar-refractivity contribution in [3.05, 3.63) is 63.9 Å². The van der Waals surface area contributed by atoms with Crippen molar-refractivity contribution in [1.82, 2.24) is 4.90 Å². The number of amides is 3. The van der Waals surface area contributed by atoms with Crippen LogP contribution in [0.1, 0.15) is 32.7 Å². The number of imide groups is 1. The van der Waals surface area contributed by atoms with Gasteiger partial charge in [-0.2, -0.15) is 0 Å². The lowest BCUT2D eigenvalue weighted by molar-refractivity contribution is -0.119. The first-order valence-electron chi connectivity index (χ1n) is 8.21. The fourth-order valence-corrected chi connectivity index (χ4v) is 3.74. The fourth-order valence-electron chi connectivity index (χ4n) is 3.49. The zero-order chi connectivity index (χ0) is 18.4. The molecule has 0 saturated heterocycles. The van der Waals surface area contributed by atoms with Crippen molar-refractivity contribution in [2.45, 2.75) is 12.8 Å². The van der Waals surface area contributed by atoms with Crippen molar-refractivity contribution in [3.8, 4) is 0 Å². The first-order valence-corrected chi connectivity index (χ1v) is 8.59. The maximum absolute atomic E-state index is 14.3. The SMILES string of the molecule is O=C1c2ccccc2C(=O)N1CC(=O)N1CCCc2c(Cl)ccc(F)c21. The molecule has 0 bridgehead atoms. The van der Waals surface area contributed by atoms with Crippen LogP contribution in [0.25, 0.3) is 0 Å². The number of halogens is 2. The summed E-state index contributed by atoms with van der Waals surface area (Å²) in [6.45, 7) is -0.121. The molecule has 2 heterocycles. The van der Waals surface area contributed by atoms with Crippen LogP contribution >= 0.6 is 11.6 Å². The minimum absolute atomic E-state index is 0.144. The van der Waals surface area contributed by atoms with E-state index in [2.05, 4.69) is 0 Å². The van der Waals surface area contributed by atoms with Crippen LogP contribution < -0.4 is 4.90 Å². The molecule has 0 aromatic heterocycles. The Labute approximate surface area is 154 Å². The molecule has 7 heteroatoms. The summed E-state index contributed by atoms with van der Waals surface area (Å²) in [7, 11) is 0. The van der Waals surface area contributed by atoms with Crippen LogP contribution in [0.3, 0.4) is 0 Å². The summed E-state index contributed by atoms with van der Waals surface area (Å²) in [5.74, 6) is -2.08. The zero-order valence-electron chi connectivity index (χ0n) is 13.7. The van der Waals surface area contributed by atoms with Crippen LogP contribution in [-0.4, -0.2) is 35.7 Å². The van der Waals surface area contributed by atoms with Crippen LogP contribution in [0.4, 0.5) is 10.1 Å². The highest BCUT2D eigenvalue weighted by atomic mass is 35.5. The van der Waals surface area contributed by atoms with Gasteiger partial charge in [-0.25, -0.2) is 4.39 Å². The summed E-state index contributed by atoms with van der Waals surface area (Å²) in [6.07, 6.45) is 1.20. The molecular formula is C19H14ClFN2O3. The first-order chi connectivity index (χ1) is 12.5. The monoisotopic (exact) mass is 372 g/mol. The van der Waals surface area contributed by atoms with Gasteiger partial charge in [0.2, 0.25) is 5.91 Å². The molecule has 0 unspecified atom stereocenters. The van der Waals surface area contributed by atoms with Gasteiger partial charge in [0.05, 0.1) is 16.8 Å². The molecule has 2 aliphatic rings. The molecule has 2 aliphatic heterocycles. The second-order valence-electron chi connectivity index (χ2n) is 6.25. The second kappa shape index (κ2) is 6.21. The van der Waals surface area contributed by atoms with Gasteiger partial charge >= 0.3 is 0 Å².